The smallest absolute Gasteiger partial charge is 0.406 e. The average molecular weight is 271 g/mol. The highest BCUT2D eigenvalue weighted by Crippen LogP contribution is 2.57. The third kappa shape index (κ3) is 4.66. The summed E-state index contributed by atoms with van der Waals surface area (Å²) in [5.41, 5.74) is -0.703. The van der Waals surface area contributed by atoms with Crippen LogP contribution in [0, 0.1) is 0 Å². The molecule has 0 aromatic rings. The zero-order chi connectivity index (χ0) is 12.8. The molecule has 0 amide bonds. The summed E-state index contributed by atoms with van der Waals surface area (Å²) in [5, 5.41) is 0. The Balaban J connectivity index is 5.20. The van der Waals surface area contributed by atoms with Gasteiger partial charge in [0.05, 0.1) is 13.2 Å². The summed E-state index contributed by atoms with van der Waals surface area (Å²) in [6.45, 7) is 6.93. The molecular weight excluding hydrogens is 255 g/mol. The van der Waals surface area contributed by atoms with Crippen molar-refractivity contribution < 1.29 is 23.1 Å². The highest BCUT2D eigenvalue weighted by atomic mass is 35.5. The van der Waals surface area contributed by atoms with Crippen LogP contribution < -0.4 is 0 Å². The highest BCUT2D eigenvalue weighted by molar-refractivity contribution is 7.58. The monoisotopic (exact) mass is 270 g/mol. The molecule has 16 heavy (non-hydrogen) atoms. The van der Waals surface area contributed by atoms with E-state index in [-0.39, 0.29) is 18.7 Å². The Kier molecular flexibility index (Phi) is 6.91. The van der Waals surface area contributed by atoms with Crippen LogP contribution in [0.1, 0.15) is 27.7 Å². The lowest BCUT2D eigenvalue weighted by Crippen LogP contribution is -2.05. The molecule has 0 aliphatic rings. The van der Waals surface area contributed by atoms with Gasteiger partial charge in [0.1, 0.15) is 0 Å². The summed E-state index contributed by atoms with van der Waals surface area (Å²) >= 11 is 5.10. The van der Waals surface area contributed by atoms with Gasteiger partial charge < -0.3 is 13.8 Å². The van der Waals surface area contributed by atoms with Gasteiger partial charge in [0.2, 0.25) is 5.50 Å². The standard InChI is InChI=1S/C9H16ClO5P/c1-5-13-16(12,14-6-2)8(7(3)4)15-9(10)11/h5-6H2,1-4H3. The number of hydrogen-bond acceptors (Lipinski definition) is 5. The quantitative estimate of drug-likeness (QED) is 0.416. The maximum atomic E-state index is 12.3. The number of allylic oxidation sites excluding steroid dienone is 1. The van der Waals surface area contributed by atoms with Gasteiger partial charge in [0.25, 0.3) is 0 Å². The van der Waals surface area contributed by atoms with Crippen LogP contribution in [0.15, 0.2) is 11.1 Å². The predicted octanol–water partition coefficient (Wildman–Crippen LogP) is 3.88. The van der Waals surface area contributed by atoms with E-state index in [0.717, 1.165) is 0 Å². The van der Waals surface area contributed by atoms with Gasteiger partial charge in [-0.15, -0.1) is 0 Å². The molecule has 0 unspecified atom stereocenters. The van der Waals surface area contributed by atoms with Crippen LogP contribution in [-0.2, 0) is 18.3 Å². The van der Waals surface area contributed by atoms with Gasteiger partial charge in [-0.1, -0.05) is 0 Å². The van der Waals surface area contributed by atoms with Crippen molar-refractivity contribution in [2.24, 2.45) is 0 Å². The molecule has 0 saturated heterocycles. The zero-order valence-electron chi connectivity index (χ0n) is 9.78. The van der Waals surface area contributed by atoms with Gasteiger partial charge in [0.15, 0.2) is 0 Å². The van der Waals surface area contributed by atoms with Crippen LogP contribution in [0.3, 0.4) is 0 Å². The first-order valence-corrected chi connectivity index (χ1v) is 6.73. The fourth-order valence-corrected chi connectivity index (χ4v) is 2.86. The fourth-order valence-electron chi connectivity index (χ4n) is 1.00. The van der Waals surface area contributed by atoms with E-state index >= 15 is 0 Å². The second-order valence-electron chi connectivity index (χ2n) is 2.98. The molecule has 0 fully saturated rings. The van der Waals surface area contributed by atoms with Gasteiger partial charge in [-0.05, 0) is 33.3 Å². The van der Waals surface area contributed by atoms with Crippen molar-refractivity contribution in [2.45, 2.75) is 27.7 Å². The summed E-state index contributed by atoms with van der Waals surface area (Å²) in [6.07, 6.45) is 0. The lowest BCUT2D eigenvalue weighted by molar-refractivity contribution is 0.184. The molecule has 0 aromatic carbocycles. The van der Waals surface area contributed by atoms with Gasteiger partial charge >= 0.3 is 13.0 Å². The van der Waals surface area contributed by atoms with Crippen LogP contribution >= 0.6 is 19.2 Å². The molecule has 0 aliphatic heterocycles. The Labute approximate surface area is 100 Å². The number of ether oxygens (including phenoxy) is 1. The van der Waals surface area contributed by atoms with Crippen LogP contribution in [0.2, 0.25) is 0 Å². The van der Waals surface area contributed by atoms with Crippen LogP contribution in [0.25, 0.3) is 0 Å². The minimum Gasteiger partial charge on any atom is -0.406 e. The van der Waals surface area contributed by atoms with Crippen LogP contribution in [-0.4, -0.2) is 18.6 Å². The molecule has 0 rings (SSSR count). The largest absolute Gasteiger partial charge is 0.409 e. The zero-order valence-corrected chi connectivity index (χ0v) is 11.4. The number of carbonyl (C=O) groups excluding carboxylic acids is 1. The van der Waals surface area contributed by atoms with Crippen molar-refractivity contribution >= 4 is 24.6 Å². The Morgan fingerprint density at radius 1 is 1.19 bits per heavy atom. The molecule has 0 bridgehead atoms. The van der Waals surface area contributed by atoms with E-state index in [4.69, 9.17) is 20.6 Å². The van der Waals surface area contributed by atoms with E-state index in [2.05, 4.69) is 4.74 Å². The molecule has 0 saturated carbocycles. The Morgan fingerprint density at radius 3 is 1.88 bits per heavy atom. The van der Waals surface area contributed by atoms with Crippen LogP contribution in [0.4, 0.5) is 4.79 Å². The topological polar surface area (TPSA) is 61.8 Å². The molecule has 0 radical (unpaired) electrons. The van der Waals surface area contributed by atoms with E-state index < -0.39 is 13.0 Å². The van der Waals surface area contributed by atoms with Gasteiger partial charge in [-0.25, -0.2) is 4.79 Å². The van der Waals surface area contributed by atoms with Gasteiger partial charge in [-0.2, -0.15) is 0 Å². The molecule has 5 nitrogen and oxygen atoms in total. The molecular formula is C9H16ClO5P. The fraction of sp³-hybridized carbons (Fsp3) is 0.667. The maximum absolute atomic E-state index is 12.3. The summed E-state index contributed by atoms with van der Waals surface area (Å²) in [4.78, 5) is 10.7. The molecule has 0 spiro atoms. The summed E-state index contributed by atoms with van der Waals surface area (Å²) in [6, 6.07) is 0. The van der Waals surface area contributed by atoms with Gasteiger partial charge in [-0.3, -0.25) is 4.57 Å². The second-order valence-corrected chi connectivity index (χ2v) is 5.20. The molecule has 0 heterocycles. The van der Waals surface area contributed by atoms with Crippen molar-refractivity contribution in [1.29, 1.82) is 0 Å². The number of halogens is 1. The molecule has 0 atom stereocenters. The first-order chi connectivity index (χ1) is 7.37. The summed E-state index contributed by atoms with van der Waals surface area (Å²) in [5.74, 6) is 0. The van der Waals surface area contributed by atoms with E-state index in [9.17, 15) is 9.36 Å². The minimum atomic E-state index is -3.59. The molecule has 0 aliphatic carbocycles. The number of rotatable bonds is 6. The lowest BCUT2D eigenvalue weighted by atomic mass is 10.4. The third-order valence-electron chi connectivity index (χ3n) is 1.45. The van der Waals surface area contributed by atoms with Crippen molar-refractivity contribution in [1.82, 2.24) is 0 Å². The maximum Gasteiger partial charge on any atom is 0.409 e. The van der Waals surface area contributed by atoms with E-state index in [0.29, 0.717) is 5.57 Å². The van der Waals surface area contributed by atoms with E-state index in [1.165, 1.54) is 0 Å². The summed E-state index contributed by atoms with van der Waals surface area (Å²) in [7, 11) is -3.59. The third-order valence-corrected chi connectivity index (χ3v) is 3.76. The van der Waals surface area contributed by atoms with Crippen molar-refractivity contribution in [3.05, 3.63) is 11.1 Å². The number of carbonyl (C=O) groups is 1. The van der Waals surface area contributed by atoms with Crippen LogP contribution in [0.5, 0.6) is 0 Å². The molecule has 0 aromatic heterocycles. The molecule has 0 N–H and O–H groups in total. The summed E-state index contributed by atoms with van der Waals surface area (Å²) < 4.78 is 27.0. The van der Waals surface area contributed by atoms with Crippen molar-refractivity contribution in [2.75, 3.05) is 13.2 Å². The first-order valence-electron chi connectivity index (χ1n) is 4.81. The Morgan fingerprint density at radius 2 is 1.62 bits per heavy atom. The highest BCUT2D eigenvalue weighted by Gasteiger charge is 2.34. The van der Waals surface area contributed by atoms with E-state index in [1.54, 1.807) is 27.7 Å². The normalized spacial score (nSPS) is 11.1. The lowest BCUT2D eigenvalue weighted by Gasteiger charge is -2.19. The molecule has 7 heteroatoms. The van der Waals surface area contributed by atoms with Gasteiger partial charge in [0, 0.05) is 11.6 Å². The molecule has 94 valence electrons. The van der Waals surface area contributed by atoms with Crippen molar-refractivity contribution in [3.63, 3.8) is 0 Å². The first kappa shape index (κ1) is 15.7. The SMILES string of the molecule is CCOP(=O)(OCC)C(OC(=O)Cl)=C(C)C. The second kappa shape index (κ2) is 7.07. The van der Waals surface area contributed by atoms with Crippen molar-refractivity contribution in [3.8, 4) is 0 Å². The predicted molar refractivity (Wildman–Crippen MR) is 61.6 cm³/mol. The number of hydrogen-bond donors (Lipinski definition) is 0. The minimum absolute atomic E-state index is 0.142. The Hall–Kier alpha value is -0.350. The van der Waals surface area contributed by atoms with E-state index in [1.807, 2.05) is 0 Å². The Bertz CT molecular complexity index is 312. The average Bonchev–Trinajstić information content (AvgIpc) is 2.14.